The first-order chi connectivity index (χ1) is 16.1. The lowest BCUT2D eigenvalue weighted by Crippen LogP contribution is -2.52. The third-order valence-electron chi connectivity index (χ3n) is 5.22. The van der Waals surface area contributed by atoms with Crippen molar-refractivity contribution in [1.82, 2.24) is 10.2 Å². The quantitative estimate of drug-likeness (QED) is 0.491. The lowest BCUT2D eigenvalue weighted by molar-refractivity contribution is -0.140. The second kappa shape index (κ2) is 12.4. The number of rotatable bonds is 12. The Morgan fingerprint density at radius 3 is 2.41 bits per heavy atom. The van der Waals surface area contributed by atoms with E-state index in [4.69, 9.17) is 4.74 Å². The van der Waals surface area contributed by atoms with Crippen LogP contribution in [-0.2, 0) is 26.2 Å². The highest BCUT2D eigenvalue weighted by Gasteiger charge is 2.32. The monoisotopic (exact) mass is 493 g/mol. The smallest absolute Gasteiger partial charge is 0.244 e. The fourth-order valence-corrected chi connectivity index (χ4v) is 4.35. The number of nitrogens with one attached hydrogen (secondary N) is 1. The molecule has 2 amide bonds. The molecule has 2 aromatic carbocycles. The molecule has 0 aromatic heterocycles. The highest BCUT2D eigenvalue weighted by Crippen LogP contribution is 2.23. The van der Waals surface area contributed by atoms with Gasteiger partial charge in [-0.3, -0.25) is 13.9 Å². The number of hydrogen-bond donors (Lipinski definition) is 1. The first-order valence-electron chi connectivity index (χ1n) is 11.0. The fourth-order valence-electron chi connectivity index (χ4n) is 3.50. The average Bonchev–Trinajstić information content (AvgIpc) is 2.80. The Balaban J connectivity index is 2.45. The number of sulfonamides is 1. The molecule has 0 aliphatic heterocycles. The Labute approximate surface area is 200 Å². The van der Waals surface area contributed by atoms with Gasteiger partial charge in [0.15, 0.2) is 0 Å². The van der Waals surface area contributed by atoms with Crippen LogP contribution in [0.5, 0.6) is 5.75 Å². The molecular formula is C24H32FN3O5S. The van der Waals surface area contributed by atoms with Crippen LogP contribution in [0.3, 0.4) is 0 Å². The number of nitrogens with zero attached hydrogens (tertiary/aromatic N) is 2. The van der Waals surface area contributed by atoms with E-state index in [1.807, 2.05) is 6.92 Å². The van der Waals surface area contributed by atoms with Crippen molar-refractivity contribution in [3.8, 4) is 5.75 Å². The zero-order valence-electron chi connectivity index (χ0n) is 20.0. The molecule has 0 unspecified atom stereocenters. The van der Waals surface area contributed by atoms with Gasteiger partial charge in [0.1, 0.15) is 24.2 Å². The Morgan fingerprint density at radius 2 is 1.82 bits per heavy atom. The van der Waals surface area contributed by atoms with Gasteiger partial charge in [-0.15, -0.1) is 0 Å². The van der Waals surface area contributed by atoms with Crippen molar-refractivity contribution >= 4 is 27.5 Å². The molecule has 186 valence electrons. The summed E-state index contributed by atoms with van der Waals surface area (Å²) in [5.74, 6) is -1.15. The van der Waals surface area contributed by atoms with Crippen molar-refractivity contribution in [2.75, 3.05) is 30.8 Å². The standard InChI is InChI=1S/C24H32FN3O5S/c1-5-14-26-24(30)21(6-2)27(16-18-10-9-11-19(15-18)33-3)23(29)17-28(34(4,31)32)22-13-8-7-12-20(22)25/h7-13,15,21H,5-6,14,16-17H2,1-4H3,(H,26,30)/t21-/m1/s1. The average molecular weight is 494 g/mol. The van der Waals surface area contributed by atoms with E-state index < -0.39 is 34.3 Å². The van der Waals surface area contributed by atoms with Gasteiger partial charge in [-0.25, -0.2) is 12.8 Å². The Hall–Kier alpha value is -3.14. The van der Waals surface area contributed by atoms with Crippen molar-refractivity contribution < 1.29 is 27.1 Å². The number of amides is 2. The number of methoxy groups -OCH3 is 1. The molecule has 8 nitrogen and oxygen atoms in total. The van der Waals surface area contributed by atoms with Gasteiger partial charge in [0.05, 0.1) is 19.1 Å². The van der Waals surface area contributed by atoms with E-state index in [0.29, 0.717) is 24.3 Å². The number of carbonyl (C=O) groups is 2. The summed E-state index contributed by atoms with van der Waals surface area (Å²) in [6.45, 7) is 3.53. The summed E-state index contributed by atoms with van der Waals surface area (Å²) in [5.41, 5.74) is 0.467. The van der Waals surface area contributed by atoms with Crippen LogP contribution in [0.25, 0.3) is 0 Å². The summed E-state index contributed by atoms with van der Waals surface area (Å²) in [4.78, 5) is 27.7. The second-order valence-corrected chi connectivity index (χ2v) is 9.72. The molecule has 34 heavy (non-hydrogen) atoms. The van der Waals surface area contributed by atoms with Gasteiger partial charge < -0.3 is 15.0 Å². The highest BCUT2D eigenvalue weighted by molar-refractivity contribution is 7.92. The maximum absolute atomic E-state index is 14.4. The Bertz CT molecular complexity index is 1090. The zero-order valence-corrected chi connectivity index (χ0v) is 20.8. The number of hydrogen-bond acceptors (Lipinski definition) is 5. The number of anilines is 1. The van der Waals surface area contributed by atoms with Crippen molar-refractivity contribution in [2.45, 2.75) is 39.3 Å². The van der Waals surface area contributed by atoms with Crippen molar-refractivity contribution in [2.24, 2.45) is 0 Å². The van der Waals surface area contributed by atoms with E-state index in [2.05, 4.69) is 5.32 Å². The number of halogens is 1. The topological polar surface area (TPSA) is 96.0 Å². The first-order valence-corrected chi connectivity index (χ1v) is 12.9. The Kier molecular flexibility index (Phi) is 9.85. The molecule has 0 aliphatic rings. The van der Waals surface area contributed by atoms with Crippen LogP contribution in [0.15, 0.2) is 48.5 Å². The van der Waals surface area contributed by atoms with Gasteiger partial charge >= 0.3 is 0 Å². The number of benzene rings is 2. The van der Waals surface area contributed by atoms with E-state index in [0.717, 1.165) is 23.0 Å². The molecule has 2 rings (SSSR count). The predicted molar refractivity (Wildman–Crippen MR) is 130 cm³/mol. The van der Waals surface area contributed by atoms with Crippen molar-refractivity contribution in [3.63, 3.8) is 0 Å². The maximum Gasteiger partial charge on any atom is 0.244 e. The molecule has 0 saturated heterocycles. The first kappa shape index (κ1) is 27.1. The second-order valence-electron chi connectivity index (χ2n) is 7.81. The molecule has 0 aliphatic carbocycles. The van der Waals surface area contributed by atoms with Gasteiger partial charge in [0.2, 0.25) is 21.8 Å². The lowest BCUT2D eigenvalue weighted by Gasteiger charge is -2.33. The zero-order chi connectivity index (χ0) is 25.3. The number of para-hydroxylation sites is 1. The number of carbonyl (C=O) groups excluding carboxylic acids is 2. The van der Waals surface area contributed by atoms with Crippen LogP contribution in [-0.4, -0.2) is 57.6 Å². The van der Waals surface area contributed by atoms with Gasteiger partial charge in [-0.05, 0) is 42.7 Å². The van der Waals surface area contributed by atoms with Crippen LogP contribution in [0.4, 0.5) is 10.1 Å². The van der Waals surface area contributed by atoms with E-state index in [1.54, 1.807) is 31.2 Å². The van der Waals surface area contributed by atoms with E-state index in [1.165, 1.54) is 30.2 Å². The molecule has 0 saturated carbocycles. The third-order valence-corrected chi connectivity index (χ3v) is 6.35. The van der Waals surface area contributed by atoms with Crippen LogP contribution in [0, 0.1) is 5.82 Å². The molecular weight excluding hydrogens is 461 g/mol. The van der Waals surface area contributed by atoms with E-state index in [-0.39, 0.29) is 18.1 Å². The maximum atomic E-state index is 14.4. The van der Waals surface area contributed by atoms with Crippen molar-refractivity contribution in [1.29, 1.82) is 0 Å². The Morgan fingerprint density at radius 1 is 1.12 bits per heavy atom. The summed E-state index contributed by atoms with van der Waals surface area (Å²) >= 11 is 0. The van der Waals surface area contributed by atoms with E-state index >= 15 is 0 Å². The van der Waals surface area contributed by atoms with E-state index in [9.17, 15) is 22.4 Å². The largest absolute Gasteiger partial charge is 0.497 e. The van der Waals surface area contributed by atoms with Gasteiger partial charge in [0, 0.05) is 13.1 Å². The molecule has 1 N–H and O–H groups in total. The van der Waals surface area contributed by atoms with Gasteiger partial charge in [-0.1, -0.05) is 38.1 Å². The van der Waals surface area contributed by atoms with Gasteiger partial charge in [-0.2, -0.15) is 0 Å². The molecule has 0 fully saturated rings. The summed E-state index contributed by atoms with van der Waals surface area (Å²) in [5, 5.41) is 2.80. The minimum absolute atomic E-state index is 0.0446. The minimum atomic E-state index is -3.99. The van der Waals surface area contributed by atoms with Crippen LogP contribution in [0.2, 0.25) is 0 Å². The summed E-state index contributed by atoms with van der Waals surface area (Å²) < 4.78 is 45.4. The normalized spacial score (nSPS) is 12.0. The molecule has 1 atom stereocenters. The number of ether oxygens (including phenoxy) is 1. The molecule has 10 heteroatoms. The van der Waals surface area contributed by atoms with Crippen molar-refractivity contribution in [3.05, 3.63) is 59.9 Å². The summed E-state index contributed by atoms with van der Waals surface area (Å²) in [7, 11) is -2.47. The SMILES string of the molecule is CCCNC(=O)[C@@H](CC)N(Cc1cccc(OC)c1)C(=O)CN(c1ccccc1F)S(C)(=O)=O. The fraction of sp³-hybridized carbons (Fsp3) is 0.417. The summed E-state index contributed by atoms with van der Waals surface area (Å²) in [6.07, 6.45) is 1.94. The molecule has 0 radical (unpaired) electrons. The predicted octanol–water partition coefficient (Wildman–Crippen LogP) is 2.93. The van der Waals surface area contributed by atoms with Crippen LogP contribution >= 0.6 is 0 Å². The molecule has 2 aromatic rings. The molecule has 0 spiro atoms. The molecule has 0 bridgehead atoms. The third kappa shape index (κ3) is 7.18. The van der Waals surface area contributed by atoms with Crippen LogP contribution in [0.1, 0.15) is 32.3 Å². The van der Waals surface area contributed by atoms with Crippen LogP contribution < -0.4 is 14.4 Å². The highest BCUT2D eigenvalue weighted by atomic mass is 32.2. The lowest BCUT2D eigenvalue weighted by atomic mass is 10.1. The summed E-state index contributed by atoms with van der Waals surface area (Å²) in [6, 6.07) is 11.5. The van der Waals surface area contributed by atoms with Gasteiger partial charge in [0.25, 0.3) is 0 Å². The minimum Gasteiger partial charge on any atom is -0.497 e. The molecule has 0 heterocycles.